The number of aromatic nitrogens is 1. The summed E-state index contributed by atoms with van der Waals surface area (Å²) in [4.78, 5) is 32.6. The Kier molecular flexibility index (Phi) is 7.39. The number of benzene rings is 2. The highest BCUT2D eigenvalue weighted by Crippen LogP contribution is 2.29. The molecule has 3 rings (SSSR count). The molecule has 0 unspecified atom stereocenters. The van der Waals surface area contributed by atoms with Gasteiger partial charge >= 0.3 is 5.97 Å². The minimum absolute atomic E-state index is 0.139. The molecule has 30 heavy (non-hydrogen) atoms. The number of rotatable bonds is 7. The molecule has 2 aromatic carbocycles. The summed E-state index contributed by atoms with van der Waals surface area (Å²) >= 11 is 4.77. The highest BCUT2D eigenvalue weighted by atomic mass is 79.9. The summed E-state index contributed by atoms with van der Waals surface area (Å²) in [5, 5.41) is 0.499. The van der Waals surface area contributed by atoms with E-state index in [1.807, 2.05) is 62.4 Å². The molecule has 0 atom stereocenters. The fourth-order valence-electron chi connectivity index (χ4n) is 3.07. The lowest BCUT2D eigenvalue weighted by Crippen LogP contribution is -2.33. The fraction of sp³-hybridized carbons (Fsp3) is 0.261. The zero-order valence-corrected chi connectivity index (χ0v) is 19.5. The maximum absolute atomic E-state index is 13.5. The summed E-state index contributed by atoms with van der Waals surface area (Å²) in [6.07, 6.45) is 0.676. The van der Waals surface area contributed by atoms with E-state index >= 15 is 0 Å². The average Bonchev–Trinajstić information content (AvgIpc) is 3.10. The van der Waals surface area contributed by atoms with Gasteiger partial charge in [0.1, 0.15) is 0 Å². The van der Waals surface area contributed by atoms with E-state index in [1.54, 1.807) is 11.8 Å². The van der Waals surface area contributed by atoms with Gasteiger partial charge < -0.3 is 4.74 Å². The highest BCUT2D eigenvalue weighted by molar-refractivity contribution is 9.10. The van der Waals surface area contributed by atoms with Gasteiger partial charge in [0.05, 0.1) is 6.61 Å². The van der Waals surface area contributed by atoms with Crippen LogP contribution >= 0.6 is 27.3 Å². The predicted molar refractivity (Wildman–Crippen MR) is 124 cm³/mol. The van der Waals surface area contributed by atoms with E-state index in [-0.39, 0.29) is 18.2 Å². The van der Waals surface area contributed by atoms with Crippen molar-refractivity contribution < 1.29 is 14.3 Å². The SMILES string of the molecule is CCOC(=O)c1nc(N(CCc2ccccc2)C(=O)c2ccc(Br)cc2C)sc1C. The van der Waals surface area contributed by atoms with Crippen LogP contribution in [0.2, 0.25) is 0 Å². The van der Waals surface area contributed by atoms with Gasteiger partial charge in [-0.15, -0.1) is 11.3 Å². The Morgan fingerprint density at radius 3 is 2.53 bits per heavy atom. The van der Waals surface area contributed by atoms with Crippen LogP contribution in [-0.4, -0.2) is 30.0 Å². The molecule has 0 spiro atoms. The van der Waals surface area contributed by atoms with Crippen molar-refractivity contribution in [2.24, 2.45) is 0 Å². The van der Waals surface area contributed by atoms with E-state index in [1.165, 1.54) is 11.3 Å². The topological polar surface area (TPSA) is 59.5 Å². The van der Waals surface area contributed by atoms with Crippen LogP contribution in [0.15, 0.2) is 53.0 Å². The third-order valence-electron chi connectivity index (χ3n) is 4.62. The highest BCUT2D eigenvalue weighted by Gasteiger charge is 2.25. The molecule has 0 bridgehead atoms. The molecular weight excluding hydrogens is 464 g/mol. The Labute approximate surface area is 188 Å². The molecule has 5 nitrogen and oxygen atoms in total. The van der Waals surface area contributed by atoms with Crippen molar-refractivity contribution in [3.63, 3.8) is 0 Å². The average molecular weight is 487 g/mol. The standard InChI is InChI=1S/C23H23BrN2O3S/c1-4-29-22(28)20-16(3)30-23(25-20)26(13-12-17-8-6-5-7-9-17)21(27)19-11-10-18(24)14-15(19)2/h5-11,14H,4,12-13H2,1-3H3. The van der Waals surface area contributed by atoms with Gasteiger partial charge in [-0.25, -0.2) is 9.78 Å². The molecule has 156 valence electrons. The largest absolute Gasteiger partial charge is 0.461 e. The lowest BCUT2D eigenvalue weighted by molar-refractivity contribution is 0.0519. The Bertz CT molecular complexity index is 1050. The first-order valence-corrected chi connectivity index (χ1v) is 11.3. The molecule has 0 aliphatic heterocycles. The molecular formula is C23H23BrN2O3S. The molecule has 3 aromatic rings. The monoisotopic (exact) mass is 486 g/mol. The zero-order chi connectivity index (χ0) is 21.7. The first-order valence-electron chi connectivity index (χ1n) is 9.67. The number of nitrogens with zero attached hydrogens (tertiary/aromatic N) is 2. The van der Waals surface area contributed by atoms with Gasteiger partial charge in [-0.2, -0.15) is 0 Å². The van der Waals surface area contributed by atoms with Crippen molar-refractivity contribution in [3.05, 3.63) is 80.3 Å². The number of esters is 1. The Morgan fingerprint density at radius 2 is 1.87 bits per heavy atom. The van der Waals surface area contributed by atoms with E-state index in [9.17, 15) is 9.59 Å². The fourth-order valence-corrected chi connectivity index (χ4v) is 4.47. The van der Waals surface area contributed by atoms with Gasteiger partial charge in [0.15, 0.2) is 10.8 Å². The van der Waals surface area contributed by atoms with E-state index in [0.717, 1.165) is 20.5 Å². The normalized spacial score (nSPS) is 10.7. The van der Waals surface area contributed by atoms with Crippen molar-refractivity contribution in [3.8, 4) is 0 Å². The van der Waals surface area contributed by atoms with Crippen molar-refractivity contribution in [1.29, 1.82) is 0 Å². The molecule has 1 aromatic heterocycles. The zero-order valence-electron chi connectivity index (χ0n) is 17.1. The summed E-state index contributed by atoms with van der Waals surface area (Å²) in [5.74, 6) is -0.604. The number of hydrogen-bond donors (Lipinski definition) is 0. The summed E-state index contributed by atoms with van der Waals surface area (Å²) in [7, 11) is 0. The number of carbonyl (C=O) groups excluding carboxylic acids is 2. The number of hydrogen-bond acceptors (Lipinski definition) is 5. The van der Waals surface area contributed by atoms with Crippen molar-refractivity contribution >= 4 is 44.3 Å². The molecule has 1 amide bonds. The molecule has 7 heteroatoms. The lowest BCUT2D eigenvalue weighted by atomic mass is 10.1. The summed E-state index contributed by atoms with van der Waals surface area (Å²) < 4.78 is 6.02. The van der Waals surface area contributed by atoms with Gasteiger partial charge in [-0.1, -0.05) is 46.3 Å². The summed E-state index contributed by atoms with van der Waals surface area (Å²) in [6.45, 7) is 6.21. The third-order valence-corrected chi connectivity index (χ3v) is 6.10. The molecule has 0 saturated heterocycles. The van der Waals surface area contributed by atoms with E-state index in [0.29, 0.717) is 23.7 Å². The summed E-state index contributed by atoms with van der Waals surface area (Å²) in [5.41, 5.74) is 2.87. The second-order valence-electron chi connectivity index (χ2n) is 6.77. The Balaban J connectivity index is 1.96. The maximum atomic E-state index is 13.5. The van der Waals surface area contributed by atoms with Gasteiger partial charge in [0.2, 0.25) is 0 Å². The number of halogens is 1. The number of thiazole rings is 1. The quantitative estimate of drug-likeness (QED) is 0.408. The molecule has 0 fully saturated rings. The summed E-state index contributed by atoms with van der Waals surface area (Å²) in [6, 6.07) is 15.6. The number of amides is 1. The minimum Gasteiger partial charge on any atom is -0.461 e. The van der Waals surface area contributed by atoms with Crippen LogP contribution in [0.5, 0.6) is 0 Å². The van der Waals surface area contributed by atoms with Crippen molar-refractivity contribution in [2.45, 2.75) is 27.2 Å². The second kappa shape index (κ2) is 10.00. The third kappa shape index (κ3) is 5.15. The predicted octanol–water partition coefficient (Wildman–Crippen LogP) is 5.59. The molecule has 0 radical (unpaired) electrons. The van der Waals surface area contributed by atoms with Crippen LogP contribution in [-0.2, 0) is 11.2 Å². The smallest absolute Gasteiger partial charge is 0.358 e. The van der Waals surface area contributed by atoms with Crippen molar-refractivity contribution in [1.82, 2.24) is 4.98 Å². The van der Waals surface area contributed by atoms with Crippen molar-refractivity contribution in [2.75, 3.05) is 18.1 Å². The number of carbonyl (C=O) groups is 2. The Morgan fingerprint density at radius 1 is 1.13 bits per heavy atom. The Hall–Kier alpha value is -2.51. The van der Waals surface area contributed by atoms with Crippen LogP contribution < -0.4 is 4.90 Å². The maximum Gasteiger partial charge on any atom is 0.358 e. The van der Waals surface area contributed by atoms with E-state index < -0.39 is 5.97 Å². The van der Waals surface area contributed by atoms with Crippen LogP contribution in [0.3, 0.4) is 0 Å². The molecule has 1 heterocycles. The number of anilines is 1. The molecule has 0 aliphatic rings. The van der Waals surface area contributed by atoms with E-state index in [2.05, 4.69) is 20.9 Å². The van der Waals surface area contributed by atoms with Gasteiger partial charge in [-0.05, 0) is 56.5 Å². The van der Waals surface area contributed by atoms with E-state index in [4.69, 9.17) is 4.74 Å². The molecule has 0 saturated carbocycles. The number of ether oxygens (including phenoxy) is 1. The minimum atomic E-state index is -0.465. The van der Waals surface area contributed by atoms with Gasteiger partial charge in [0.25, 0.3) is 5.91 Å². The lowest BCUT2D eigenvalue weighted by Gasteiger charge is -2.21. The van der Waals surface area contributed by atoms with Crippen LogP contribution in [0.4, 0.5) is 5.13 Å². The number of aryl methyl sites for hydroxylation is 2. The first kappa shape index (κ1) is 22.2. The first-order chi connectivity index (χ1) is 14.4. The molecule has 0 aliphatic carbocycles. The van der Waals surface area contributed by atoms with Crippen LogP contribution in [0.25, 0.3) is 0 Å². The van der Waals surface area contributed by atoms with Gasteiger partial charge in [0, 0.05) is 21.5 Å². The van der Waals surface area contributed by atoms with Crippen LogP contribution in [0, 0.1) is 13.8 Å². The van der Waals surface area contributed by atoms with Crippen LogP contribution in [0.1, 0.15) is 43.8 Å². The molecule has 0 N–H and O–H groups in total. The van der Waals surface area contributed by atoms with Gasteiger partial charge in [-0.3, -0.25) is 9.69 Å². The second-order valence-corrected chi connectivity index (χ2v) is 8.87.